The van der Waals surface area contributed by atoms with Crippen molar-refractivity contribution in [2.24, 2.45) is 5.92 Å². The normalized spacial score (nSPS) is 20.5. The van der Waals surface area contributed by atoms with Crippen LogP contribution in [0, 0.1) is 5.92 Å². The Kier molecular flexibility index (Phi) is 3.72. The van der Waals surface area contributed by atoms with Gasteiger partial charge in [0.05, 0.1) is 13.2 Å². The fourth-order valence-electron chi connectivity index (χ4n) is 2.13. The van der Waals surface area contributed by atoms with Crippen molar-refractivity contribution in [3.05, 3.63) is 29.8 Å². The lowest BCUT2D eigenvalue weighted by Gasteiger charge is -2.23. The third kappa shape index (κ3) is 3.22. The Bertz CT molecular complexity index is 359. The third-order valence-corrected chi connectivity index (χ3v) is 3.19. The predicted octanol–water partition coefficient (Wildman–Crippen LogP) is 3.40. The molecule has 0 aliphatic carbocycles. The summed E-state index contributed by atoms with van der Waals surface area (Å²) in [6.45, 7) is 9.15. The van der Waals surface area contributed by atoms with Crippen molar-refractivity contribution in [1.82, 2.24) is 0 Å². The van der Waals surface area contributed by atoms with Crippen LogP contribution in [-0.4, -0.2) is 19.8 Å². The van der Waals surface area contributed by atoms with Gasteiger partial charge in [0, 0.05) is 12.5 Å². The van der Waals surface area contributed by atoms with Gasteiger partial charge < -0.3 is 9.47 Å². The molecule has 1 aromatic rings. The van der Waals surface area contributed by atoms with E-state index in [-0.39, 0.29) is 5.41 Å². The average molecular weight is 234 g/mol. The monoisotopic (exact) mass is 234 g/mol. The molecule has 1 saturated heterocycles. The molecule has 1 fully saturated rings. The summed E-state index contributed by atoms with van der Waals surface area (Å²) >= 11 is 0. The molecular weight excluding hydrogens is 212 g/mol. The lowest BCUT2D eigenvalue weighted by molar-refractivity contribution is 0.166. The van der Waals surface area contributed by atoms with Crippen molar-refractivity contribution < 1.29 is 9.47 Å². The molecule has 1 aliphatic heterocycles. The summed E-state index contributed by atoms with van der Waals surface area (Å²) in [5.41, 5.74) is 1.40. The van der Waals surface area contributed by atoms with Gasteiger partial charge in [-0.25, -0.2) is 0 Å². The van der Waals surface area contributed by atoms with Gasteiger partial charge in [-0.3, -0.25) is 0 Å². The Balaban J connectivity index is 2.04. The van der Waals surface area contributed by atoms with E-state index in [0.717, 1.165) is 32.0 Å². The van der Waals surface area contributed by atoms with Gasteiger partial charge in [0.1, 0.15) is 5.75 Å². The van der Waals surface area contributed by atoms with Crippen molar-refractivity contribution in [2.75, 3.05) is 19.8 Å². The van der Waals surface area contributed by atoms with Gasteiger partial charge in [-0.15, -0.1) is 0 Å². The van der Waals surface area contributed by atoms with Gasteiger partial charge in [-0.2, -0.15) is 0 Å². The summed E-state index contributed by atoms with van der Waals surface area (Å²) in [4.78, 5) is 0. The maximum atomic E-state index is 5.97. The van der Waals surface area contributed by atoms with Crippen LogP contribution in [0.4, 0.5) is 0 Å². The van der Waals surface area contributed by atoms with Crippen molar-refractivity contribution in [3.8, 4) is 5.75 Å². The molecule has 0 bridgehead atoms. The van der Waals surface area contributed by atoms with Crippen molar-refractivity contribution in [1.29, 1.82) is 0 Å². The molecule has 2 nitrogen and oxygen atoms in total. The van der Waals surface area contributed by atoms with Crippen LogP contribution in [0.3, 0.4) is 0 Å². The SMILES string of the molecule is CC(C)(C)c1ccccc1OCC1CCOC1. The van der Waals surface area contributed by atoms with Crippen LogP contribution >= 0.6 is 0 Å². The highest BCUT2D eigenvalue weighted by molar-refractivity contribution is 5.38. The van der Waals surface area contributed by atoms with Gasteiger partial charge in [-0.05, 0) is 23.5 Å². The first kappa shape index (κ1) is 12.4. The lowest BCUT2D eigenvalue weighted by Crippen LogP contribution is -2.16. The molecule has 1 atom stereocenters. The summed E-state index contributed by atoms with van der Waals surface area (Å²) in [6.07, 6.45) is 1.12. The molecule has 1 unspecified atom stereocenters. The summed E-state index contributed by atoms with van der Waals surface area (Å²) < 4.78 is 11.3. The highest BCUT2D eigenvalue weighted by atomic mass is 16.5. The standard InChI is InChI=1S/C15H22O2/c1-15(2,3)13-6-4-5-7-14(13)17-11-12-8-9-16-10-12/h4-7,12H,8-11H2,1-3H3. The Morgan fingerprint density at radius 2 is 2.06 bits per heavy atom. The highest BCUT2D eigenvalue weighted by Crippen LogP contribution is 2.31. The summed E-state index contributed by atoms with van der Waals surface area (Å²) in [7, 11) is 0. The molecule has 0 radical (unpaired) electrons. The molecule has 2 rings (SSSR count). The van der Waals surface area contributed by atoms with E-state index in [2.05, 4.69) is 39.0 Å². The van der Waals surface area contributed by atoms with E-state index in [1.54, 1.807) is 0 Å². The molecular formula is C15H22O2. The van der Waals surface area contributed by atoms with Crippen LogP contribution in [0.5, 0.6) is 5.75 Å². The van der Waals surface area contributed by atoms with Crippen LogP contribution in [0.15, 0.2) is 24.3 Å². The zero-order valence-electron chi connectivity index (χ0n) is 11.0. The smallest absolute Gasteiger partial charge is 0.123 e. The van der Waals surface area contributed by atoms with Crippen molar-refractivity contribution in [2.45, 2.75) is 32.6 Å². The first-order valence-electron chi connectivity index (χ1n) is 6.37. The number of para-hydroxylation sites is 1. The van der Waals surface area contributed by atoms with Crippen molar-refractivity contribution >= 4 is 0 Å². The molecule has 0 N–H and O–H groups in total. The largest absolute Gasteiger partial charge is 0.493 e. The fraction of sp³-hybridized carbons (Fsp3) is 0.600. The Morgan fingerprint density at radius 1 is 1.29 bits per heavy atom. The number of hydrogen-bond donors (Lipinski definition) is 0. The second-order valence-corrected chi connectivity index (χ2v) is 5.79. The minimum atomic E-state index is 0.128. The van der Waals surface area contributed by atoms with E-state index in [1.807, 2.05) is 6.07 Å². The Labute approximate surface area is 104 Å². The van der Waals surface area contributed by atoms with E-state index < -0.39 is 0 Å². The van der Waals surface area contributed by atoms with E-state index >= 15 is 0 Å². The van der Waals surface area contributed by atoms with Gasteiger partial charge in [0.15, 0.2) is 0 Å². The van der Waals surface area contributed by atoms with Gasteiger partial charge in [0.2, 0.25) is 0 Å². The first-order chi connectivity index (χ1) is 8.07. The minimum absolute atomic E-state index is 0.128. The molecule has 0 amide bonds. The molecule has 0 saturated carbocycles. The molecule has 1 heterocycles. The number of rotatable bonds is 3. The molecule has 0 aromatic heterocycles. The fourth-order valence-corrected chi connectivity index (χ4v) is 2.13. The van der Waals surface area contributed by atoms with Crippen LogP contribution in [0.2, 0.25) is 0 Å². The summed E-state index contributed by atoms with van der Waals surface area (Å²) in [6, 6.07) is 8.33. The van der Waals surface area contributed by atoms with Crippen LogP contribution in [-0.2, 0) is 10.2 Å². The van der Waals surface area contributed by atoms with Gasteiger partial charge in [0.25, 0.3) is 0 Å². The molecule has 17 heavy (non-hydrogen) atoms. The van der Waals surface area contributed by atoms with Gasteiger partial charge >= 0.3 is 0 Å². The second-order valence-electron chi connectivity index (χ2n) is 5.79. The average Bonchev–Trinajstić information content (AvgIpc) is 2.78. The Morgan fingerprint density at radius 3 is 2.71 bits per heavy atom. The maximum Gasteiger partial charge on any atom is 0.123 e. The van der Waals surface area contributed by atoms with Crippen molar-refractivity contribution in [3.63, 3.8) is 0 Å². The maximum absolute atomic E-state index is 5.97. The number of benzene rings is 1. The third-order valence-electron chi connectivity index (χ3n) is 3.19. The first-order valence-corrected chi connectivity index (χ1v) is 6.37. The van der Waals surface area contributed by atoms with Crippen LogP contribution < -0.4 is 4.74 Å². The number of ether oxygens (including phenoxy) is 2. The molecule has 2 heteroatoms. The zero-order chi connectivity index (χ0) is 12.3. The summed E-state index contributed by atoms with van der Waals surface area (Å²) in [5, 5.41) is 0. The molecule has 1 aliphatic rings. The van der Waals surface area contributed by atoms with Gasteiger partial charge in [-0.1, -0.05) is 39.0 Å². The minimum Gasteiger partial charge on any atom is -0.493 e. The van der Waals surface area contributed by atoms with Crippen LogP contribution in [0.25, 0.3) is 0 Å². The summed E-state index contributed by atoms with van der Waals surface area (Å²) in [5.74, 6) is 1.58. The Hall–Kier alpha value is -1.02. The van der Waals surface area contributed by atoms with E-state index in [9.17, 15) is 0 Å². The van der Waals surface area contributed by atoms with E-state index in [1.165, 1.54) is 5.56 Å². The quantitative estimate of drug-likeness (QED) is 0.798. The predicted molar refractivity (Wildman–Crippen MR) is 69.6 cm³/mol. The zero-order valence-corrected chi connectivity index (χ0v) is 11.0. The van der Waals surface area contributed by atoms with E-state index in [0.29, 0.717) is 5.92 Å². The molecule has 0 spiro atoms. The number of hydrogen-bond acceptors (Lipinski definition) is 2. The molecule has 1 aromatic carbocycles. The van der Waals surface area contributed by atoms with E-state index in [4.69, 9.17) is 9.47 Å². The molecule has 94 valence electrons. The lowest BCUT2D eigenvalue weighted by atomic mass is 9.86. The topological polar surface area (TPSA) is 18.5 Å². The highest BCUT2D eigenvalue weighted by Gasteiger charge is 2.20. The van der Waals surface area contributed by atoms with Crippen LogP contribution in [0.1, 0.15) is 32.8 Å². The second kappa shape index (κ2) is 5.09.